The monoisotopic (exact) mass is 1470 g/mol. The fourth-order valence-corrected chi connectivity index (χ4v) is 12.3. The number of nitrogens with zero attached hydrogens (tertiary/aromatic N) is 5. The van der Waals surface area contributed by atoms with Gasteiger partial charge >= 0.3 is 6.09 Å². The van der Waals surface area contributed by atoms with Crippen molar-refractivity contribution in [2.75, 3.05) is 45.1 Å². The number of aromatic nitrogens is 6. The van der Waals surface area contributed by atoms with Gasteiger partial charge in [0.1, 0.15) is 94.6 Å². The molecular weight excluding hydrogens is 1380 g/mol. The lowest BCUT2D eigenvalue weighted by Gasteiger charge is -2.47. The number of H-pyrrole nitrogens is 1. The zero-order valence-electron chi connectivity index (χ0n) is 55.9. The van der Waals surface area contributed by atoms with Gasteiger partial charge in [0.05, 0.1) is 72.7 Å². The van der Waals surface area contributed by atoms with E-state index in [1.807, 2.05) is 30.3 Å². The summed E-state index contributed by atoms with van der Waals surface area (Å²) in [5.74, 6) is -8.75. The Bertz CT molecular complexity index is 3620. The summed E-state index contributed by atoms with van der Waals surface area (Å²) < 4.78 is 28.8. The Kier molecular flexibility index (Phi) is 29.8. The summed E-state index contributed by atoms with van der Waals surface area (Å²) in [6, 6.07) is 2.26. The van der Waals surface area contributed by atoms with Crippen LogP contribution < -0.4 is 65.9 Å². The number of hydrogen-bond donors (Lipinski definition) is 21. The highest BCUT2D eigenvalue weighted by Gasteiger charge is 2.54. The molecule has 20 atom stereocenters. The molecule has 0 bridgehead atoms. The van der Waals surface area contributed by atoms with Gasteiger partial charge in [0.25, 0.3) is 11.8 Å². The second kappa shape index (κ2) is 37.6. The van der Waals surface area contributed by atoms with Crippen molar-refractivity contribution in [3.8, 4) is 10.7 Å². The summed E-state index contributed by atoms with van der Waals surface area (Å²) in [6.07, 6.45) is -24.5. The standard InChI is InChI=1S/C61H88N18O21S2/c1-24-39(76-52(79-50(24)64)31(16-37(63)83)71-17-30(62)51(65)89)56(93)78-41(47(32-18-67-23-72-32)98-60-49(45(87)43(85)35(19-80)97-60)99-59-46(88)48(100-61(66)95)44(86)36(20-81)96-59)57(94)73-27(4)42(84)25(2)53(90)77-40(28(5)82)55(92)70-15-12-38-74-34(22-101-38)58-75-33(21-102-58)54(91)69-14-9-13-68-26(3)29-10-7-6-8-11-29/h6-8,10-11,18,21-23,25-28,30-31,35-36,40-49,59-60,68,71,80-82,84-88H,9,12-17,19-20,62H2,1-5H3,(H2,63,83)(H2,65,89)(H2,66,95)(H,67,72)(H,69,91)(H,70,92)(H,73,94)(H,77,90)(H,78,93)(H2,64,76,79)/t25-,26-,27+,28+,30-,31-,35?,36?,40-,41-,42-,43?,44?,45?,46?,47-,48?,49?,59?,60?/m0/s1. The molecule has 0 radical (unpaired) electrons. The van der Waals surface area contributed by atoms with Gasteiger partial charge in [-0.25, -0.2) is 29.7 Å². The number of ether oxygens (including phenoxy) is 5. The van der Waals surface area contributed by atoms with Crippen LogP contribution in [0.3, 0.4) is 0 Å². The molecule has 1 aromatic carbocycles. The molecule has 10 unspecified atom stereocenters. The van der Waals surface area contributed by atoms with E-state index in [-0.39, 0.29) is 60.1 Å². The molecule has 26 N–H and O–H groups in total. The summed E-state index contributed by atoms with van der Waals surface area (Å²) in [4.78, 5) is 131. The lowest BCUT2D eigenvalue weighted by Crippen LogP contribution is -2.65. The van der Waals surface area contributed by atoms with E-state index in [0.29, 0.717) is 35.2 Å². The fraction of sp³-hybridized carbons (Fsp3) is 0.557. The van der Waals surface area contributed by atoms with Crippen molar-refractivity contribution in [1.82, 2.24) is 67.1 Å². The number of anilines is 1. The van der Waals surface area contributed by atoms with Crippen LogP contribution in [0.1, 0.15) is 107 Å². The van der Waals surface area contributed by atoms with Gasteiger partial charge in [-0.05, 0) is 46.2 Å². The molecule has 4 aromatic heterocycles. The van der Waals surface area contributed by atoms with Crippen LogP contribution >= 0.6 is 22.7 Å². The van der Waals surface area contributed by atoms with Crippen molar-refractivity contribution >= 4 is 75.9 Å². The van der Waals surface area contributed by atoms with Gasteiger partial charge < -0.3 is 135 Å². The molecule has 2 aliphatic rings. The molecule has 8 amide bonds. The zero-order valence-corrected chi connectivity index (χ0v) is 57.6. The number of hydrogen-bond acceptors (Lipinski definition) is 32. The molecule has 7 rings (SSSR count). The number of aliphatic hydroxyl groups is 8. The topological polar surface area (TPSA) is 639 Å². The normalized spacial score (nSPS) is 23.5. The third-order valence-electron chi connectivity index (χ3n) is 16.7. The van der Waals surface area contributed by atoms with E-state index < -0.39 is 183 Å². The number of benzene rings is 1. The second-order valence-electron chi connectivity index (χ2n) is 24.2. The van der Waals surface area contributed by atoms with Crippen LogP contribution in [0, 0.1) is 12.8 Å². The summed E-state index contributed by atoms with van der Waals surface area (Å²) in [5, 5.41) is 112. The van der Waals surface area contributed by atoms with Crippen molar-refractivity contribution in [2.24, 2.45) is 28.9 Å². The first-order valence-corrected chi connectivity index (χ1v) is 33.9. The highest BCUT2D eigenvalue weighted by molar-refractivity contribution is 7.14. The number of carbonyl (C=O) groups excluding carboxylic acids is 8. The Morgan fingerprint density at radius 3 is 2.08 bits per heavy atom. The Morgan fingerprint density at radius 2 is 1.43 bits per heavy atom. The molecule has 6 heterocycles. The first kappa shape index (κ1) is 80.8. The molecule has 0 spiro atoms. The van der Waals surface area contributed by atoms with E-state index in [4.69, 9.17) is 52.4 Å². The smallest absolute Gasteiger partial charge is 0.404 e. The summed E-state index contributed by atoms with van der Waals surface area (Å²) in [6.45, 7) is 5.81. The lowest BCUT2D eigenvalue weighted by atomic mass is 9.96. The molecule has 2 aliphatic heterocycles. The number of aliphatic hydroxyl groups excluding tert-OH is 8. The summed E-state index contributed by atoms with van der Waals surface area (Å²) in [7, 11) is 0. The predicted molar refractivity (Wildman–Crippen MR) is 358 cm³/mol. The predicted octanol–water partition coefficient (Wildman–Crippen LogP) is -6.23. The van der Waals surface area contributed by atoms with Gasteiger partial charge in [0.15, 0.2) is 18.7 Å². The molecule has 0 saturated carbocycles. The molecule has 560 valence electrons. The number of primary amides is 3. The number of imidazole rings is 1. The third kappa shape index (κ3) is 21.3. The maximum Gasteiger partial charge on any atom is 0.404 e. The lowest BCUT2D eigenvalue weighted by molar-refractivity contribution is -0.372. The van der Waals surface area contributed by atoms with E-state index in [1.165, 1.54) is 50.4 Å². The number of aromatic amines is 1. The minimum Gasteiger partial charge on any atom is -0.441 e. The number of nitrogen functional groups attached to an aromatic ring is 1. The highest BCUT2D eigenvalue weighted by atomic mass is 32.1. The summed E-state index contributed by atoms with van der Waals surface area (Å²) in [5.41, 5.74) is 29.2. The third-order valence-corrected chi connectivity index (χ3v) is 18.4. The number of carbonyl (C=O) groups is 8. The molecule has 0 aliphatic carbocycles. The number of nitrogens with two attached hydrogens (primary N) is 5. The van der Waals surface area contributed by atoms with Crippen molar-refractivity contribution in [1.29, 1.82) is 0 Å². The molecular formula is C61H88N18O21S2. The molecule has 39 nitrogen and oxygen atoms in total. The average Bonchev–Trinajstić information content (AvgIpc) is 1.13. The average molecular weight is 1470 g/mol. The van der Waals surface area contributed by atoms with E-state index in [9.17, 15) is 74.4 Å². The van der Waals surface area contributed by atoms with E-state index in [0.717, 1.165) is 18.1 Å². The molecule has 5 aromatic rings. The molecule has 41 heteroatoms. The van der Waals surface area contributed by atoms with Gasteiger partial charge in [-0.3, -0.25) is 33.6 Å². The van der Waals surface area contributed by atoms with Crippen molar-refractivity contribution in [3.63, 3.8) is 0 Å². The van der Waals surface area contributed by atoms with Crippen molar-refractivity contribution < 1.29 is 103 Å². The van der Waals surface area contributed by atoms with Crippen LogP contribution in [0.2, 0.25) is 0 Å². The largest absolute Gasteiger partial charge is 0.441 e. The SMILES string of the molecule is Cc1c(N)nc([C@H](CC(N)=O)NC[C@H](N)C(N)=O)nc1C(=O)N[C@H](C(=O)N[C@H](C)[C@@H](O)[C@H](C)C(=O)N[C@H](C(=O)NCCc1nc(-c2nc(C(=O)NCCCN[C@@H](C)c3ccccc3)cs2)cs1)[C@@H](C)O)[C@@H](OC1OC(CO)C(O)C(O)C1OC1OC(CO)C(O)C(OC(N)=O)C1O)c1cnc[nH]1. The van der Waals surface area contributed by atoms with Crippen LogP contribution in [0.15, 0.2) is 53.6 Å². The van der Waals surface area contributed by atoms with Crippen LogP contribution in [0.25, 0.3) is 10.7 Å². The zero-order chi connectivity index (χ0) is 74.8. The molecule has 2 saturated heterocycles. The van der Waals surface area contributed by atoms with E-state index in [2.05, 4.69) is 74.0 Å². The Labute approximate surface area is 590 Å². The first-order valence-electron chi connectivity index (χ1n) is 32.2. The van der Waals surface area contributed by atoms with Gasteiger partial charge in [-0.1, -0.05) is 37.3 Å². The second-order valence-corrected chi connectivity index (χ2v) is 26.0. The Balaban J connectivity index is 1.08. The minimum atomic E-state index is -2.20. The van der Waals surface area contributed by atoms with Crippen LogP contribution in [0.5, 0.6) is 0 Å². The fourth-order valence-electron chi connectivity index (χ4n) is 10.7. The number of thiazole rings is 2. The van der Waals surface area contributed by atoms with Gasteiger partial charge in [-0.15, -0.1) is 22.7 Å². The first-order chi connectivity index (χ1) is 48.4. The quantitative estimate of drug-likeness (QED) is 0.0165. The Hall–Kier alpha value is -8.47. The van der Waals surface area contributed by atoms with Crippen molar-refractivity contribution in [2.45, 2.75) is 170 Å². The highest BCUT2D eigenvalue weighted by Crippen LogP contribution is 2.35. The van der Waals surface area contributed by atoms with Crippen LogP contribution in [-0.4, -0.2) is 255 Å². The number of rotatable bonds is 37. The molecule has 2 fully saturated rings. The number of nitrogens with one attached hydrogen (secondary N) is 8. The van der Waals surface area contributed by atoms with Gasteiger partial charge in [0.2, 0.25) is 29.5 Å². The van der Waals surface area contributed by atoms with Crippen LogP contribution in [0.4, 0.5) is 10.6 Å². The van der Waals surface area contributed by atoms with E-state index >= 15 is 4.79 Å². The van der Waals surface area contributed by atoms with E-state index in [1.54, 1.807) is 10.8 Å². The Morgan fingerprint density at radius 1 is 0.735 bits per heavy atom. The van der Waals surface area contributed by atoms with Gasteiger partial charge in [0, 0.05) is 54.8 Å². The van der Waals surface area contributed by atoms with Crippen molar-refractivity contribution in [3.05, 3.63) is 92.7 Å². The minimum absolute atomic E-state index is 0.0169. The van der Waals surface area contributed by atoms with Crippen LogP contribution in [-0.2, 0) is 54.1 Å². The number of amides is 8. The maximum atomic E-state index is 15.2. The maximum absolute atomic E-state index is 15.2. The van der Waals surface area contributed by atoms with Gasteiger partial charge in [-0.2, -0.15) is 0 Å². The molecule has 102 heavy (non-hydrogen) atoms. The summed E-state index contributed by atoms with van der Waals surface area (Å²) >= 11 is 2.50.